The Kier molecular flexibility index (Phi) is 4.64. The molecule has 94 valence electrons. The third-order valence-corrected chi connectivity index (χ3v) is 3.84. The number of halogens is 1. The average molecular weight is 318 g/mol. The fourth-order valence-corrected chi connectivity index (χ4v) is 2.45. The van der Waals surface area contributed by atoms with Crippen LogP contribution in [0, 0.1) is 0 Å². The van der Waals surface area contributed by atoms with Gasteiger partial charge in [0.15, 0.2) is 0 Å². The molecule has 1 heterocycles. The normalized spacial score (nSPS) is 24.6. The summed E-state index contributed by atoms with van der Waals surface area (Å²) in [5.74, 6) is 2.08. The molecule has 0 unspecified atom stereocenters. The lowest BCUT2D eigenvalue weighted by molar-refractivity contribution is 0.126. The topological polar surface area (TPSA) is 58.0 Å². The van der Waals surface area contributed by atoms with Gasteiger partial charge in [0.05, 0.1) is 16.3 Å². The Morgan fingerprint density at radius 1 is 1.41 bits per heavy atom. The van der Waals surface area contributed by atoms with Crippen molar-refractivity contribution in [3.05, 3.63) is 16.5 Å². The summed E-state index contributed by atoms with van der Waals surface area (Å²) in [6.45, 7) is 0. The predicted molar refractivity (Wildman–Crippen MR) is 74.3 cm³/mol. The van der Waals surface area contributed by atoms with Crippen LogP contribution in [0.25, 0.3) is 0 Å². The Hall–Kier alpha value is -0.330. The van der Waals surface area contributed by atoms with Crippen LogP contribution < -0.4 is 5.32 Å². The molecular formula is C11H16BrN3OS. The van der Waals surface area contributed by atoms with Crippen molar-refractivity contribution in [1.29, 1.82) is 0 Å². The molecule has 1 fully saturated rings. The highest BCUT2D eigenvalue weighted by atomic mass is 79.9. The first kappa shape index (κ1) is 13.1. The number of aliphatic hydroxyl groups is 1. The van der Waals surface area contributed by atoms with Gasteiger partial charge in [-0.25, -0.2) is 9.97 Å². The fraction of sp³-hybridized carbons (Fsp3) is 0.636. The molecule has 0 saturated heterocycles. The highest BCUT2D eigenvalue weighted by Crippen LogP contribution is 2.25. The fourth-order valence-electron chi connectivity index (χ4n) is 1.99. The summed E-state index contributed by atoms with van der Waals surface area (Å²) < 4.78 is 0.870. The molecule has 0 amide bonds. The van der Waals surface area contributed by atoms with Crippen molar-refractivity contribution in [2.45, 2.75) is 43.6 Å². The smallest absolute Gasteiger partial charge is 0.144 e. The second kappa shape index (κ2) is 6.02. The van der Waals surface area contributed by atoms with Gasteiger partial charge in [0.25, 0.3) is 0 Å². The van der Waals surface area contributed by atoms with E-state index in [9.17, 15) is 5.11 Å². The number of aromatic nitrogens is 2. The first-order valence-electron chi connectivity index (χ1n) is 5.76. The van der Waals surface area contributed by atoms with Crippen molar-refractivity contribution < 1.29 is 5.11 Å². The Morgan fingerprint density at radius 3 is 2.76 bits per heavy atom. The largest absolute Gasteiger partial charge is 0.393 e. The second-order valence-electron chi connectivity index (χ2n) is 4.29. The number of nitrogens with one attached hydrogen (secondary N) is 1. The average Bonchev–Trinajstić information content (AvgIpc) is 2.35. The summed E-state index contributed by atoms with van der Waals surface area (Å²) in [4.78, 5) is 8.54. The molecule has 0 spiro atoms. The van der Waals surface area contributed by atoms with E-state index in [2.05, 4.69) is 43.8 Å². The van der Waals surface area contributed by atoms with Gasteiger partial charge >= 0.3 is 0 Å². The summed E-state index contributed by atoms with van der Waals surface area (Å²) >= 11 is 7.60. The third-order valence-electron chi connectivity index (χ3n) is 2.97. The van der Waals surface area contributed by atoms with E-state index in [1.165, 1.54) is 0 Å². The molecule has 2 N–H and O–H groups in total. The van der Waals surface area contributed by atoms with Crippen LogP contribution in [0.15, 0.2) is 10.7 Å². The lowest BCUT2D eigenvalue weighted by atomic mass is 9.93. The predicted octanol–water partition coefficient (Wildman–Crippen LogP) is 2.38. The Labute approximate surface area is 115 Å². The zero-order chi connectivity index (χ0) is 12.3. The van der Waals surface area contributed by atoms with Gasteiger partial charge in [-0.2, -0.15) is 12.6 Å². The molecule has 1 saturated carbocycles. The maximum absolute atomic E-state index is 9.46. The van der Waals surface area contributed by atoms with Crippen molar-refractivity contribution in [3.63, 3.8) is 0 Å². The van der Waals surface area contributed by atoms with Crippen LogP contribution in [0.2, 0.25) is 0 Å². The molecule has 1 aliphatic carbocycles. The van der Waals surface area contributed by atoms with Gasteiger partial charge in [0.2, 0.25) is 0 Å². The number of anilines is 1. The van der Waals surface area contributed by atoms with Crippen LogP contribution in [0.5, 0.6) is 0 Å². The van der Waals surface area contributed by atoms with E-state index in [0.717, 1.165) is 41.8 Å². The van der Waals surface area contributed by atoms with E-state index in [-0.39, 0.29) is 6.10 Å². The van der Waals surface area contributed by atoms with Crippen LogP contribution >= 0.6 is 28.6 Å². The molecule has 0 aromatic carbocycles. The molecule has 1 aliphatic rings. The SMILES string of the molecule is OC1CCC(Nc2nc(CS)ncc2Br)CC1. The van der Waals surface area contributed by atoms with Crippen molar-refractivity contribution in [3.8, 4) is 0 Å². The van der Waals surface area contributed by atoms with E-state index < -0.39 is 0 Å². The highest BCUT2D eigenvalue weighted by molar-refractivity contribution is 9.10. The second-order valence-corrected chi connectivity index (χ2v) is 5.46. The van der Waals surface area contributed by atoms with E-state index >= 15 is 0 Å². The quantitative estimate of drug-likeness (QED) is 0.749. The zero-order valence-corrected chi connectivity index (χ0v) is 11.9. The number of aliphatic hydroxyl groups excluding tert-OH is 1. The Bertz CT molecular complexity index is 383. The van der Waals surface area contributed by atoms with Gasteiger partial charge in [-0.05, 0) is 41.6 Å². The maximum atomic E-state index is 9.46. The van der Waals surface area contributed by atoms with Crippen LogP contribution in [0.3, 0.4) is 0 Å². The number of hydrogen-bond donors (Lipinski definition) is 3. The highest BCUT2D eigenvalue weighted by Gasteiger charge is 2.20. The lowest BCUT2D eigenvalue weighted by Gasteiger charge is -2.26. The summed E-state index contributed by atoms with van der Waals surface area (Å²) in [5.41, 5.74) is 0. The molecule has 4 nitrogen and oxygen atoms in total. The molecule has 6 heteroatoms. The van der Waals surface area contributed by atoms with Gasteiger partial charge in [-0.15, -0.1) is 0 Å². The maximum Gasteiger partial charge on any atom is 0.144 e. The summed E-state index contributed by atoms with van der Waals surface area (Å²) in [6, 6.07) is 0.386. The number of thiol groups is 1. The monoisotopic (exact) mass is 317 g/mol. The van der Waals surface area contributed by atoms with Gasteiger partial charge < -0.3 is 10.4 Å². The molecule has 1 aromatic heterocycles. The minimum Gasteiger partial charge on any atom is -0.393 e. The third kappa shape index (κ3) is 3.56. The van der Waals surface area contributed by atoms with E-state index in [4.69, 9.17) is 0 Å². The van der Waals surface area contributed by atoms with Gasteiger partial charge in [-0.3, -0.25) is 0 Å². The Morgan fingerprint density at radius 2 is 2.12 bits per heavy atom. The number of rotatable bonds is 3. The molecule has 2 rings (SSSR count). The molecule has 0 bridgehead atoms. The number of hydrogen-bond acceptors (Lipinski definition) is 5. The molecule has 0 radical (unpaired) electrons. The van der Waals surface area contributed by atoms with Crippen molar-refractivity contribution in [2.75, 3.05) is 5.32 Å². The summed E-state index contributed by atoms with van der Waals surface area (Å²) in [5, 5.41) is 12.9. The van der Waals surface area contributed by atoms with Crippen molar-refractivity contribution >= 4 is 34.4 Å². The Balaban J connectivity index is 2.02. The van der Waals surface area contributed by atoms with Crippen LogP contribution in [0.4, 0.5) is 5.82 Å². The van der Waals surface area contributed by atoms with E-state index in [1.807, 2.05) is 0 Å². The van der Waals surface area contributed by atoms with Crippen LogP contribution in [-0.4, -0.2) is 27.2 Å². The molecule has 0 aliphatic heterocycles. The van der Waals surface area contributed by atoms with Gasteiger partial charge in [0, 0.05) is 12.2 Å². The van der Waals surface area contributed by atoms with Crippen LogP contribution in [0.1, 0.15) is 31.5 Å². The van der Waals surface area contributed by atoms with Crippen molar-refractivity contribution in [1.82, 2.24) is 9.97 Å². The molecule has 17 heavy (non-hydrogen) atoms. The van der Waals surface area contributed by atoms with E-state index in [1.54, 1.807) is 6.20 Å². The molecular weight excluding hydrogens is 302 g/mol. The zero-order valence-electron chi connectivity index (χ0n) is 9.43. The molecule has 1 aromatic rings. The van der Waals surface area contributed by atoms with Gasteiger partial charge in [0.1, 0.15) is 11.6 Å². The standard InChI is InChI=1S/C11H16BrN3OS/c12-9-5-13-10(6-17)15-11(9)14-7-1-3-8(16)4-2-7/h5,7-8,16-17H,1-4,6H2,(H,13,14,15). The first-order valence-corrected chi connectivity index (χ1v) is 7.18. The van der Waals surface area contributed by atoms with Gasteiger partial charge in [-0.1, -0.05) is 0 Å². The van der Waals surface area contributed by atoms with Crippen molar-refractivity contribution in [2.24, 2.45) is 0 Å². The first-order chi connectivity index (χ1) is 8.19. The van der Waals surface area contributed by atoms with E-state index in [0.29, 0.717) is 11.8 Å². The summed E-state index contributed by atoms with van der Waals surface area (Å²) in [7, 11) is 0. The number of nitrogens with zero attached hydrogens (tertiary/aromatic N) is 2. The van der Waals surface area contributed by atoms with Crippen LogP contribution in [-0.2, 0) is 5.75 Å². The molecule has 0 atom stereocenters. The minimum atomic E-state index is -0.130. The minimum absolute atomic E-state index is 0.130. The lowest BCUT2D eigenvalue weighted by Crippen LogP contribution is -2.28. The summed E-state index contributed by atoms with van der Waals surface area (Å²) in [6.07, 6.45) is 5.30.